The molecule has 2 aromatic carbocycles. The Morgan fingerprint density at radius 3 is 2.33 bits per heavy atom. The lowest BCUT2D eigenvalue weighted by Crippen LogP contribution is -3.00. The van der Waals surface area contributed by atoms with Crippen LogP contribution in [0.1, 0.15) is 25.3 Å². The summed E-state index contributed by atoms with van der Waals surface area (Å²) in [6.07, 6.45) is 0. The smallest absolute Gasteiger partial charge is 0.144 e. The van der Waals surface area contributed by atoms with E-state index in [-0.39, 0.29) is 24.0 Å². The molecule has 0 bridgehead atoms. The van der Waals surface area contributed by atoms with Crippen LogP contribution in [0.4, 0.5) is 5.69 Å². The number of hydrogen-bond donors (Lipinski definition) is 0. The second-order valence-corrected chi connectivity index (χ2v) is 5.79. The van der Waals surface area contributed by atoms with Gasteiger partial charge in [0.1, 0.15) is 5.69 Å². The van der Waals surface area contributed by atoms with Gasteiger partial charge in [-0.2, -0.15) is 0 Å². The second kappa shape index (κ2) is 4.49. The lowest BCUT2D eigenvalue weighted by atomic mass is 9.96. The van der Waals surface area contributed by atoms with Gasteiger partial charge in [-0.1, -0.05) is 37.3 Å². The van der Waals surface area contributed by atoms with Gasteiger partial charge in [-0.15, -0.1) is 0 Å². The van der Waals surface area contributed by atoms with Crippen LogP contribution in [-0.4, -0.2) is 20.1 Å². The first kappa shape index (κ1) is 13.8. The highest BCUT2D eigenvalue weighted by Crippen LogP contribution is 2.47. The predicted molar refractivity (Wildman–Crippen MR) is 75.5 cm³/mol. The van der Waals surface area contributed by atoms with Gasteiger partial charge in [0.05, 0.1) is 20.1 Å². The number of hydrogen-bond acceptors (Lipinski definition) is 0. The van der Waals surface area contributed by atoms with Crippen molar-refractivity contribution in [3.05, 3.63) is 42.0 Å². The zero-order valence-electron chi connectivity index (χ0n) is 11.4. The van der Waals surface area contributed by atoms with Crippen molar-refractivity contribution in [1.29, 1.82) is 0 Å². The van der Waals surface area contributed by atoms with Crippen LogP contribution in [-0.2, 0) is 0 Å². The molecule has 2 unspecified atom stereocenters. The zero-order chi connectivity index (χ0) is 12.2. The van der Waals surface area contributed by atoms with Crippen molar-refractivity contribution in [2.45, 2.75) is 25.8 Å². The molecule has 1 aliphatic heterocycles. The molecule has 2 atom stereocenters. The largest absolute Gasteiger partial charge is 1.00 e. The van der Waals surface area contributed by atoms with Crippen LogP contribution in [0.25, 0.3) is 10.8 Å². The van der Waals surface area contributed by atoms with Crippen LogP contribution in [0.5, 0.6) is 0 Å². The van der Waals surface area contributed by atoms with Gasteiger partial charge in [0.25, 0.3) is 0 Å². The average Bonchev–Trinajstić information content (AvgIpc) is 2.51. The van der Waals surface area contributed by atoms with Gasteiger partial charge < -0.3 is 24.0 Å². The highest BCUT2D eigenvalue weighted by Gasteiger charge is 2.43. The van der Waals surface area contributed by atoms with E-state index in [2.05, 4.69) is 64.3 Å². The number of quaternary nitrogens is 1. The fourth-order valence-corrected chi connectivity index (χ4v) is 3.31. The molecule has 0 saturated carbocycles. The molecule has 18 heavy (non-hydrogen) atoms. The van der Waals surface area contributed by atoms with Crippen LogP contribution >= 0.6 is 0 Å². The molecular formula is C16H20IN. The zero-order valence-corrected chi connectivity index (χ0v) is 13.6. The van der Waals surface area contributed by atoms with Crippen LogP contribution in [0, 0.1) is 0 Å². The Morgan fingerprint density at radius 1 is 0.944 bits per heavy atom. The molecule has 0 N–H and O–H groups in total. The summed E-state index contributed by atoms with van der Waals surface area (Å²) in [5, 5.41) is 2.78. The van der Waals surface area contributed by atoms with Gasteiger partial charge in [-0.3, -0.25) is 4.48 Å². The SMILES string of the molecule is CC1c2ccc3ccccc3c2[N+](C)(C)C1C.[I-]. The van der Waals surface area contributed by atoms with Crippen molar-refractivity contribution in [2.75, 3.05) is 14.1 Å². The number of likely N-dealkylation sites (N-methyl/N-ethyl adjacent to an activating group) is 1. The first-order valence-corrected chi connectivity index (χ1v) is 6.39. The number of fused-ring (bicyclic) bond motifs is 3. The highest BCUT2D eigenvalue weighted by molar-refractivity contribution is 5.96. The van der Waals surface area contributed by atoms with E-state index < -0.39 is 0 Å². The van der Waals surface area contributed by atoms with Crippen molar-refractivity contribution in [2.24, 2.45) is 0 Å². The topological polar surface area (TPSA) is 0 Å². The first-order chi connectivity index (χ1) is 8.03. The standard InChI is InChI=1S/C16H20N.HI/c1-11-12(2)17(3,4)16-14(11)10-9-13-7-5-6-8-15(13)16;/h5-12H,1-4H3;1H/q+1;/p-1. The molecule has 0 spiro atoms. The fourth-order valence-electron chi connectivity index (χ4n) is 3.31. The van der Waals surface area contributed by atoms with E-state index in [0.29, 0.717) is 12.0 Å². The third kappa shape index (κ3) is 1.69. The average molecular weight is 353 g/mol. The molecule has 2 heteroatoms. The molecule has 1 aliphatic rings. The van der Waals surface area contributed by atoms with Crippen molar-refractivity contribution < 1.29 is 24.0 Å². The Kier molecular flexibility index (Phi) is 3.45. The monoisotopic (exact) mass is 353 g/mol. The quantitative estimate of drug-likeness (QED) is 0.488. The van der Waals surface area contributed by atoms with E-state index >= 15 is 0 Å². The number of halogens is 1. The molecule has 0 fully saturated rings. The Hall–Kier alpha value is -0.610. The third-order valence-corrected chi connectivity index (χ3v) is 4.74. The number of rotatable bonds is 0. The molecular weight excluding hydrogens is 333 g/mol. The molecule has 0 aromatic heterocycles. The van der Waals surface area contributed by atoms with Crippen LogP contribution in [0.15, 0.2) is 36.4 Å². The molecule has 0 aliphatic carbocycles. The minimum absolute atomic E-state index is 0. The van der Waals surface area contributed by atoms with Gasteiger partial charge in [0.15, 0.2) is 0 Å². The van der Waals surface area contributed by atoms with Gasteiger partial charge in [-0.05, 0) is 18.4 Å². The van der Waals surface area contributed by atoms with E-state index in [1.165, 1.54) is 22.0 Å². The summed E-state index contributed by atoms with van der Waals surface area (Å²) in [4.78, 5) is 0. The predicted octanol–water partition coefficient (Wildman–Crippen LogP) is 0.916. The van der Waals surface area contributed by atoms with Gasteiger partial charge in [-0.25, -0.2) is 0 Å². The van der Waals surface area contributed by atoms with E-state index in [1.54, 1.807) is 0 Å². The van der Waals surface area contributed by atoms with Crippen LogP contribution < -0.4 is 28.5 Å². The summed E-state index contributed by atoms with van der Waals surface area (Å²) in [5.41, 5.74) is 3.05. The van der Waals surface area contributed by atoms with Crippen molar-refractivity contribution in [3.63, 3.8) is 0 Å². The van der Waals surface area contributed by atoms with Crippen LogP contribution in [0.2, 0.25) is 0 Å². The molecule has 1 heterocycles. The lowest BCUT2D eigenvalue weighted by Gasteiger charge is -2.31. The van der Waals surface area contributed by atoms with E-state index in [4.69, 9.17) is 0 Å². The molecule has 0 radical (unpaired) electrons. The number of nitrogens with zero attached hydrogens (tertiary/aromatic N) is 1. The minimum Gasteiger partial charge on any atom is -1.00 e. The summed E-state index contributed by atoms with van der Waals surface area (Å²) in [7, 11) is 4.67. The minimum atomic E-state index is 0. The molecule has 0 amide bonds. The third-order valence-electron chi connectivity index (χ3n) is 4.74. The Labute approximate surface area is 126 Å². The van der Waals surface area contributed by atoms with Crippen molar-refractivity contribution >= 4 is 16.5 Å². The summed E-state index contributed by atoms with van der Waals surface area (Å²) in [6.45, 7) is 4.71. The van der Waals surface area contributed by atoms with Gasteiger partial charge in [0.2, 0.25) is 0 Å². The van der Waals surface area contributed by atoms with Crippen molar-refractivity contribution in [1.82, 2.24) is 4.48 Å². The summed E-state index contributed by atoms with van der Waals surface area (Å²) < 4.78 is 0.998. The highest BCUT2D eigenvalue weighted by atomic mass is 127. The van der Waals surface area contributed by atoms with E-state index in [0.717, 1.165) is 4.48 Å². The van der Waals surface area contributed by atoms with E-state index in [9.17, 15) is 0 Å². The maximum atomic E-state index is 2.36. The van der Waals surface area contributed by atoms with Gasteiger partial charge in [0, 0.05) is 16.9 Å². The Balaban J connectivity index is 0.00000120. The summed E-state index contributed by atoms with van der Waals surface area (Å²) >= 11 is 0. The lowest BCUT2D eigenvalue weighted by molar-refractivity contribution is -0.00000359. The maximum Gasteiger partial charge on any atom is 0.144 e. The normalized spacial score (nSPS) is 24.7. The summed E-state index contributed by atoms with van der Waals surface area (Å²) in [6, 6.07) is 14.0. The fraction of sp³-hybridized carbons (Fsp3) is 0.375. The van der Waals surface area contributed by atoms with Crippen LogP contribution in [0.3, 0.4) is 0 Å². The Bertz CT molecular complexity index is 589. The molecule has 0 saturated heterocycles. The molecule has 3 rings (SSSR count). The molecule has 2 aromatic rings. The Morgan fingerprint density at radius 2 is 1.61 bits per heavy atom. The van der Waals surface area contributed by atoms with E-state index in [1.807, 2.05) is 0 Å². The number of benzene rings is 2. The summed E-state index contributed by atoms with van der Waals surface area (Å²) in [5.74, 6) is 0.643. The molecule has 96 valence electrons. The van der Waals surface area contributed by atoms with Gasteiger partial charge >= 0.3 is 0 Å². The second-order valence-electron chi connectivity index (χ2n) is 5.79. The molecule has 1 nitrogen and oxygen atoms in total. The van der Waals surface area contributed by atoms with Crippen molar-refractivity contribution in [3.8, 4) is 0 Å². The maximum absolute atomic E-state index is 2.36. The first-order valence-electron chi connectivity index (χ1n) is 6.39.